The van der Waals surface area contributed by atoms with Crippen molar-refractivity contribution in [1.29, 1.82) is 0 Å². The molecule has 6 nitrogen and oxygen atoms in total. The van der Waals surface area contributed by atoms with Crippen molar-refractivity contribution in [3.8, 4) is 11.3 Å². The van der Waals surface area contributed by atoms with Crippen molar-refractivity contribution in [3.05, 3.63) is 87.3 Å². The number of hydrogen-bond acceptors (Lipinski definition) is 6. The zero-order valence-electron chi connectivity index (χ0n) is 14.6. The third kappa shape index (κ3) is 3.82. The van der Waals surface area contributed by atoms with E-state index in [4.69, 9.17) is 16.6 Å². The summed E-state index contributed by atoms with van der Waals surface area (Å²) >= 11 is 6.37. The van der Waals surface area contributed by atoms with Crippen LogP contribution in [0.1, 0.15) is 5.76 Å². The monoisotopic (exact) mass is 426 g/mol. The molecule has 0 spiro atoms. The minimum atomic E-state index is -0.474. The largest absolute Gasteiger partial charge is 0.457 e. The smallest absolute Gasteiger partial charge is 0.270 e. The second-order valence-corrected chi connectivity index (χ2v) is 7.68. The van der Waals surface area contributed by atoms with E-state index < -0.39 is 10.7 Å². The summed E-state index contributed by atoms with van der Waals surface area (Å²) in [7, 11) is 0. The van der Waals surface area contributed by atoms with Gasteiger partial charge < -0.3 is 4.42 Å². The molecule has 1 aromatic heterocycles. The number of nitrogens with zero attached hydrogens (tertiary/aromatic N) is 2. The van der Waals surface area contributed by atoms with Crippen LogP contribution in [0.3, 0.4) is 0 Å². The van der Waals surface area contributed by atoms with E-state index in [-0.39, 0.29) is 11.6 Å². The highest BCUT2D eigenvalue weighted by atomic mass is 32.2. The Hall–Kier alpha value is -3.30. The molecule has 0 bridgehead atoms. The Kier molecular flexibility index (Phi) is 4.99. The Morgan fingerprint density at radius 1 is 1.14 bits per heavy atom. The van der Waals surface area contributed by atoms with Crippen molar-refractivity contribution in [2.24, 2.45) is 0 Å². The van der Waals surface area contributed by atoms with Gasteiger partial charge in [-0.05, 0) is 42.5 Å². The topological polar surface area (TPSA) is 76.6 Å². The molecule has 0 N–H and O–H groups in total. The predicted molar refractivity (Wildman–Crippen MR) is 113 cm³/mol. The number of furan rings is 1. The van der Waals surface area contributed by atoms with Crippen LogP contribution in [0.25, 0.3) is 17.4 Å². The number of nitro groups is 1. The molecule has 0 atom stereocenters. The van der Waals surface area contributed by atoms with Gasteiger partial charge >= 0.3 is 0 Å². The fourth-order valence-electron chi connectivity index (χ4n) is 2.77. The van der Waals surface area contributed by atoms with Gasteiger partial charge in [0.05, 0.1) is 15.5 Å². The van der Waals surface area contributed by atoms with Gasteiger partial charge in [0.2, 0.25) is 0 Å². The van der Waals surface area contributed by atoms with E-state index in [2.05, 4.69) is 0 Å². The number of carbonyl (C=O) groups is 1. The third-order valence-corrected chi connectivity index (χ3v) is 5.43. The number of benzene rings is 2. The first kappa shape index (κ1) is 19.0. The standard InChI is InChI=1S/C20H11FN2O4S2/c21-13-2-1-3-15(10-13)22-19(24)18(29-20(22)28)11-16-8-9-17(27-16)12-4-6-14(7-5-12)23(25)26/h1-11H/b18-11-. The number of hydrogen-bond donors (Lipinski definition) is 0. The molecule has 9 heteroatoms. The molecule has 1 aliphatic rings. The predicted octanol–water partition coefficient (Wildman–Crippen LogP) is 5.40. The molecule has 1 amide bonds. The molecule has 2 aromatic carbocycles. The Morgan fingerprint density at radius 2 is 1.90 bits per heavy atom. The first-order valence-corrected chi connectivity index (χ1v) is 9.53. The number of carbonyl (C=O) groups excluding carboxylic acids is 1. The molecular weight excluding hydrogens is 415 g/mol. The number of thiocarbonyl (C=S) groups is 1. The van der Waals surface area contributed by atoms with Gasteiger partial charge in [-0.1, -0.05) is 30.0 Å². The molecule has 29 heavy (non-hydrogen) atoms. The highest BCUT2D eigenvalue weighted by Gasteiger charge is 2.33. The van der Waals surface area contributed by atoms with Gasteiger partial charge in [0.25, 0.3) is 11.6 Å². The Bertz CT molecular complexity index is 1170. The summed E-state index contributed by atoms with van der Waals surface area (Å²) in [5.41, 5.74) is 1.02. The normalized spacial score (nSPS) is 15.3. The first-order chi connectivity index (χ1) is 13.9. The summed E-state index contributed by atoms with van der Waals surface area (Å²) < 4.78 is 19.5. The molecule has 144 valence electrons. The quantitative estimate of drug-likeness (QED) is 0.241. The SMILES string of the molecule is O=C1/C(=C/c2ccc(-c3ccc([N+](=O)[O-])cc3)o2)SC(=S)N1c1cccc(F)c1. The first-order valence-electron chi connectivity index (χ1n) is 8.30. The zero-order valence-corrected chi connectivity index (χ0v) is 16.2. The molecule has 1 saturated heterocycles. The van der Waals surface area contributed by atoms with Crippen LogP contribution in [0.4, 0.5) is 15.8 Å². The van der Waals surface area contributed by atoms with Crippen molar-refractivity contribution in [3.63, 3.8) is 0 Å². The number of amides is 1. The lowest BCUT2D eigenvalue weighted by atomic mass is 10.1. The van der Waals surface area contributed by atoms with Crippen LogP contribution in [-0.4, -0.2) is 15.2 Å². The Balaban J connectivity index is 1.58. The lowest BCUT2D eigenvalue weighted by Gasteiger charge is -2.14. The lowest BCUT2D eigenvalue weighted by Crippen LogP contribution is -2.27. The average molecular weight is 426 g/mol. The number of thioether (sulfide) groups is 1. The van der Waals surface area contributed by atoms with Crippen LogP contribution in [-0.2, 0) is 4.79 Å². The maximum Gasteiger partial charge on any atom is 0.270 e. The number of nitro benzene ring substituents is 1. The molecule has 0 saturated carbocycles. The van der Waals surface area contributed by atoms with Crippen LogP contribution in [0.15, 0.2) is 70.0 Å². The molecule has 1 aliphatic heterocycles. The average Bonchev–Trinajstić information content (AvgIpc) is 3.26. The van der Waals surface area contributed by atoms with Crippen molar-refractivity contribution >= 4 is 51.7 Å². The Morgan fingerprint density at radius 3 is 2.59 bits per heavy atom. The maximum atomic E-state index is 13.5. The van der Waals surface area contributed by atoms with Gasteiger partial charge in [0.15, 0.2) is 4.32 Å². The second kappa shape index (κ2) is 7.61. The molecule has 0 radical (unpaired) electrons. The van der Waals surface area contributed by atoms with E-state index in [1.807, 2.05) is 0 Å². The highest BCUT2D eigenvalue weighted by molar-refractivity contribution is 8.27. The van der Waals surface area contributed by atoms with Crippen molar-refractivity contribution in [2.75, 3.05) is 4.90 Å². The van der Waals surface area contributed by atoms with Gasteiger partial charge in [-0.3, -0.25) is 19.8 Å². The molecule has 0 unspecified atom stereocenters. The number of halogens is 1. The van der Waals surface area contributed by atoms with E-state index >= 15 is 0 Å². The fraction of sp³-hybridized carbons (Fsp3) is 0. The summed E-state index contributed by atoms with van der Waals surface area (Å²) in [6, 6.07) is 15.0. The summed E-state index contributed by atoms with van der Waals surface area (Å²) in [5.74, 6) is 0.114. The van der Waals surface area contributed by atoms with E-state index in [0.29, 0.717) is 32.0 Å². The highest BCUT2D eigenvalue weighted by Crippen LogP contribution is 2.36. The summed E-state index contributed by atoms with van der Waals surface area (Å²) in [6.07, 6.45) is 1.56. The van der Waals surface area contributed by atoms with Crippen LogP contribution >= 0.6 is 24.0 Å². The van der Waals surface area contributed by atoms with E-state index in [0.717, 1.165) is 11.8 Å². The summed E-state index contributed by atoms with van der Waals surface area (Å²) in [6.45, 7) is 0. The van der Waals surface area contributed by atoms with Gasteiger partial charge in [-0.15, -0.1) is 0 Å². The van der Waals surface area contributed by atoms with Crippen molar-refractivity contribution in [2.45, 2.75) is 0 Å². The Labute approximate surface area is 173 Å². The maximum absolute atomic E-state index is 13.5. The zero-order chi connectivity index (χ0) is 20.5. The van der Waals surface area contributed by atoms with Crippen LogP contribution < -0.4 is 4.90 Å². The van der Waals surface area contributed by atoms with Crippen molar-refractivity contribution in [1.82, 2.24) is 0 Å². The molecule has 3 aromatic rings. The lowest BCUT2D eigenvalue weighted by molar-refractivity contribution is -0.384. The second-order valence-electron chi connectivity index (χ2n) is 6.00. The van der Waals surface area contributed by atoms with E-state index in [1.54, 1.807) is 36.4 Å². The van der Waals surface area contributed by atoms with Crippen molar-refractivity contribution < 1.29 is 18.5 Å². The van der Waals surface area contributed by atoms with E-state index in [9.17, 15) is 19.3 Å². The van der Waals surface area contributed by atoms with Crippen LogP contribution in [0.2, 0.25) is 0 Å². The minimum absolute atomic E-state index is 0.0125. The van der Waals surface area contributed by atoms with Gasteiger partial charge in [0, 0.05) is 23.8 Å². The summed E-state index contributed by atoms with van der Waals surface area (Å²) in [4.78, 5) is 24.6. The molecule has 2 heterocycles. The van der Waals surface area contributed by atoms with Crippen LogP contribution in [0.5, 0.6) is 0 Å². The van der Waals surface area contributed by atoms with Gasteiger partial charge in [0.1, 0.15) is 17.3 Å². The molecular formula is C20H11FN2O4S2. The molecule has 4 rings (SSSR count). The summed E-state index contributed by atoms with van der Waals surface area (Å²) in [5, 5.41) is 10.8. The van der Waals surface area contributed by atoms with Gasteiger partial charge in [-0.2, -0.15) is 0 Å². The molecule has 1 fully saturated rings. The third-order valence-electron chi connectivity index (χ3n) is 4.12. The van der Waals surface area contributed by atoms with Gasteiger partial charge in [-0.25, -0.2) is 4.39 Å². The minimum Gasteiger partial charge on any atom is -0.457 e. The number of anilines is 1. The fourth-order valence-corrected chi connectivity index (χ4v) is 4.05. The van der Waals surface area contributed by atoms with Crippen LogP contribution in [0, 0.1) is 15.9 Å². The number of rotatable bonds is 4. The van der Waals surface area contributed by atoms with E-state index in [1.165, 1.54) is 35.2 Å². The molecule has 0 aliphatic carbocycles. The number of non-ortho nitro benzene ring substituents is 1.